The van der Waals surface area contributed by atoms with Crippen molar-refractivity contribution in [3.8, 4) is 45.8 Å². The van der Waals surface area contributed by atoms with Gasteiger partial charge in [0.25, 0.3) is 0 Å². The van der Waals surface area contributed by atoms with E-state index in [4.69, 9.17) is 52.8 Å². The van der Waals surface area contributed by atoms with Crippen LogP contribution in [0.4, 0.5) is 0 Å². The number of fused-ring (bicyclic) bond motifs is 20. The molecule has 5 aromatic heterocycles. The maximum absolute atomic E-state index is 9.08. The standard InChI is InChI=1S/C30H14N10.CH4O3S.2CH4.Cu.Na/c1-3-9-17-15(7-1)23-33-25(17)37-29-22-20(12-6-14-32-22)28(40-29)36-24-16-8-2-4-10-18(16)26(34-24)38-30-21-19(11-5-13-31-21)27(35-23)39-30;1-5(2,3)4;;;;/h1-14H;1H3,(H,2,3,4);2*1H4;;/q-2;;;;+2;+1/p-1. The van der Waals surface area contributed by atoms with E-state index in [1.165, 1.54) is 0 Å². The molecule has 0 unspecified atom stereocenters. The second kappa shape index (κ2) is 14.6. The Morgan fingerprint density at radius 3 is 1.16 bits per heavy atom. The summed E-state index contributed by atoms with van der Waals surface area (Å²) in [6.45, 7) is 0. The summed E-state index contributed by atoms with van der Waals surface area (Å²) >= 11 is 0. The van der Waals surface area contributed by atoms with Gasteiger partial charge in [-0.05, 0) is 45.8 Å². The minimum Gasteiger partial charge on any atom is -0.748 e. The molecule has 49 heavy (non-hydrogen) atoms. The van der Waals surface area contributed by atoms with Crippen LogP contribution in [-0.2, 0) is 27.2 Å². The Bertz CT molecular complexity index is 2300. The minimum absolute atomic E-state index is 0. The molecule has 8 bridgehead atoms. The molecule has 0 amide bonds. The molecule has 7 aromatic rings. The summed E-state index contributed by atoms with van der Waals surface area (Å²) in [5, 5.41) is 3.40. The van der Waals surface area contributed by atoms with Gasteiger partial charge in [-0.1, -0.05) is 63.4 Å². The summed E-state index contributed by atoms with van der Waals surface area (Å²) in [6, 6.07) is 23.3. The number of benzene rings is 2. The average molecular weight is 728 g/mol. The first-order valence-corrected chi connectivity index (χ1v) is 15.3. The third-order valence-electron chi connectivity index (χ3n) is 7.03. The Labute approximate surface area is 313 Å². The van der Waals surface area contributed by atoms with Gasteiger partial charge in [0.2, 0.25) is 0 Å². The molecule has 0 atom stereocenters. The third kappa shape index (κ3) is 7.00. The van der Waals surface area contributed by atoms with E-state index in [1.807, 2.05) is 72.8 Å². The van der Waals surface area contributed by atoms with Crippen molar-refractivity contribution in [1.29, 1.82) is 0 Å². The second-order valence-electron chi connectivity index (χ2n) is 10.1. The molecule has 9 rings (SSSR count). The Hall–Kier alpha value is -4.47. The number of aromatic nitrogens is 10. The molecule has 0 spiro atoms. The van der Waals surface area contributed by atoms with Crippen LogP contribution in [0.1, 0.15) is 14.9 Å². The fourth-order valence-corrected chi connectivity index (χ4v) is 5.21. The van der Waals surface area contributed by atoms with E-state index >= 15 is 0 Å². The van der Waals surface area contributed by atoms with E-state index < -0.39 is 10.1 Å². The number of hydrogen-bond donors (Lipinski definition) is 0. The smallest absolute Gasteiger partial charge is 0.748 e. The van der Waals surface area contributed by atoms with Crippen LogP contribution in [0.2, 0.25) is 0 Å². The number of hydrogen-bond acceptors (Lipinski definition) is 11. The van der Waals surface area contributed by atoms with E-state index in [2.05, 4.69) is 9.97 Å². The Morgan fingerprint density at radius 1 is 0.531 bits per heavy atom. The molecule has 2 aliphatic rings. The number of pyridine rings is 2. The molecule has 243 valence electrons. The largest absolute Gasteiger partial charge is 2.00 e. The van der Waals surface area contributed by atoms with Crippen LogP contribution >= 0.6 is 0 Å². The predicted molar refractivity (Wildman–Crippen MR) is 179 cm³/mol. The van der Waals surface area contributed by atoms with Gasteiger partial charge < -0.3 is 34.5 Å². The molecule has 13 nitrogen and oxygen atoms in total. The Kier molecular flexibility index (Phi) is 11.1. The van der Waals surface area contributed by atoms with Crippen molar-refractivity contribution in [3.63, 3.8) is 0 Å². The summed E-state index contributed by atoms with van der Waals surface area (Å²) < 4.78 is 27.2. The quantitative estimate of drug-likeness (QED) is 0.164. The molecule has 0 saturated carbocycles. The van der Waals surface area contributed by atoms with Gasteiger partial charge in [-0.3, -0.25) is 9.97 Å². The fraction of sp³-hybridized carbons (Fsp3) is 0.0909. The molecule has 0 aliphatic carbocycles. The molecule has 1 radical (unpaired) electrons. The van der Waals surface area contributed by atoms with Gasteiger partial charge in [-0.2, -0.15) is 0 Å². The van der Waals surface area contributed by atoms with Gasteiger partial charge in [0, 0.05) is 52.4 Å². The molecule has 0 saturated heterocycles. The molecular weight excluding hydrogens is 703 g/mol. The van der Waals surface area contributed by atoms with Crippen molar-refractivity contribution in [3.05, 3.63) is 85.2 Å². The SMILES string of the molecule is C.C.CS(=O)(=O)[O-].[Cu+2].[Na+].c1cnc2c(c1)-c1nc-2nc2[n-]c(nc3nc(nc4[n-]c(n1)c1ccccc41)-c1ncccc1-3)c1ccccc21. The van der Waals surface area contributed by atoms with E-state index in [1.54, 1.807) is 12.4 Å². The zero-order valence-corrected chi connectivity index (χ0v) is 28.2. The average Bonchev–Trinajstić information content (AvgIpc) is 3.76. The maximum Gasteiger partial charge on any atom is 2.00 e. The van der Waals surface area contributed by atoms with Crippen molar-refractivity contribution in [1.82, 2.24) is 49.8 Å². The van der Waals surface area contributed by atoms with Gasteiger partial charge >= 0.3 is 46.6 Å². The minimum atomic E-state index is -3.92. The zero-order valence-electron chi connectivity index (χ0n) is 24.5. The van der Waals surface area contributed by atoms with Gasteiger partial charge in [-0.15, -0.1) is 0 Å². The van der Waals surface area contributed by atoms with Gasteiger partial charge in [0.05, 0.1) is 21.8 Å². The topological polar surface area (TPSA) is 189 Å². The zero-order chi connectivity index (χ0) is 30.7. The van der Waals surface area contributed by atoms with E-state index in [0.29, 0.717) is 63.5 Å². The van der Waals surface area contributed by atoms with Crippen LogP contribution in [0, 0.1) is 0 Å². The Morgan fingerprint density at radius 2 is 0.837 bits per heavy atom. The van der Waals surface area contributed by atoms with Crippen LogP contribution in [0.5, 0.6) is 0 Å². The van der Waals surface area contributed by atoms with Crippen molar-refractivity contribution in [2.24, 2.45) is 0 Å². The Balaban J connectivity index is 0.000000564. The number of rotatable bonds is 0. The van der Waals surface area contributed by atoms with Crippen LogP contribution in [-0.4, -0.2) is 59.1 Å². The first-order valence-electron chi connectivity index (χ1n) is 13.5. The van der Waals surface area contributed by atoms with Crippen LogP contribution in [0.15, 0.2) is 85.2 Å². The summed E-state index contributed by atoms with van der Waals surface area (Å²) in [6.07, 6.45) is 4.04. The first-order chi connectivity index (χ1) is 21.8. The van der Waals surface area contributed by atoms with Gasteiger partial charge in [-0.25, -0.2) is 18.4 Å². The molecule has 0 fully saturated rings. The molecule has 16 heteroatoms. The fourth-order valence-electron chi connectivity index (χ4n) is 5.21. The molecule has 0 N–H and O–H groups in total. The molecular formula is C33H25CuN10NaO3S. The van der Waals surface area contributed by atoms with Crippen molar-refractivity contribution < 1.29 is 59.6 Å². The van der Waals surface area contributed by atoms with E-state index in [0.717, 1.165) is 32.7 Å². The summed E-state index contributed by atoms with van der Waals surface area (Å²) in [5.74, 6) is 1.82. The normalized spacial score (nSPS) is 11.0. The van der Waals surface area contributed by atoms with Crippen molar-refractivity contribution in [2.45, 2.75) is 14.9 Å². The van der Waals surface area contributed by atoms with Gasteiger partial charge in [0.1, 0.15) is 23.0 Å². The maximum atomic E-state index is 9.08. The van der Waals surface area contributed by atoms with E-state index in [9.17, 15) is 0 Å². The number of nitrogens with zero attached hydrogens (tertiary/aromatic N) is 10. The van der Waals surface area contributed by atoms with Gasteiger partial charge in [0.15, 0.2) is 0 Å². The van der Waals surface area contributed by atoms with Crippen LogP contribution in [0.25, 0.3) is 89.9 Å². The summed E-state index contributed by atoms with van der Waals surface area (Å²) in [5.41, 5.74) is 4.82. The second-order valence-corrected chi connectivity index (χ2v) is 11.5. The monoisotopic (exact) mass is 727 g/mol. The molecule has 2 aromatic carbocycles. The summed E-state index contributed by atoms with van der Waals surface area (Å²) in [4.78, 5) is 47.9. The van der Waals surface area contributed by atoms with Crippen LogP contribution in [0.3, 0.4) is 0 Å². The van der Waals surface area contributed by atoms with Crippen molar-refractivity contribution >= 4 is 54.3 Å². The molecule has 2 aliphatic heterocycles. The van der Waals surface area contributed by atoms with Crippen molar-refractivity contribution in [2.75, 3.05) is 6.26 Å². The molecule has 7 heterocycles. The predicted octanol–water partition coefficient (Wildman–Crippen LogP) is 2.35. The van der Waals surface area contributed by atoms with Crippen LogP contribution < -0.4 is 39.5 Å². The third-order valence-corrected chi connectivity index (χ3v) is 7.03. The summed E-state index contributed by atoms with van der Waals surface area (Å²) in [7, 11) is -3.92. The van der Waals surface area contributed by atoms with E-state index in [-0.39, 0.29) is 61.5 Å². The first kappa shape index (κ1) is 37.3.